The van der Waals surface area contributed by atoms with Gasteiger partial charge in [-0.25, -0.2) is 4.79 Å². The second-order valence-electron chi connectivity index (χ2n) is 7.80. The van der Waals surface area contributed by atoms with Crippen molar-refractivity contribution in [3.63, 3.8) is 0 Å². The molecule has 178 valence electrons. The first kappa shape index (κ1) is 26.2. The van der Waals surface area contributed by atoms with E-state index in [1.54, 1.807) is 57.2 Å². The Bertz CT molecular complexity index is 944. The minimum absolute atomic E-state index is 0.172. The number of benzene rings is 2. The van der Waals surface area contributed by atoms with Crippen LogP contribution < -0.4 is 15.8 Å². The molecule has 0 aliphatic rings. The maximum absolute atomic E-state index is 12.3. The molecular formula is C24H29ClN2O6. The zero-order valence-electron chi connectivity index (χ0n) is 18.9. The van der Waals surface area contributed by atoms with Gasteiger partial charge in [0.15, 0.2) is 5.60 Å². The first-order chi connectivity index (χ1) is 15.6. The quantitative estimate of drug-likeness (QED) is 0.377. The second kappa shape index (κ2) is 12.2. The van der Waals surface area contributed by atoms with E-state index in [1.165, 1.54) is 0 Å². The molecule has 0 saturated carbocycles. The van der Waals surface area contributed by atoms with Crippen LogP contribution in [0.4, 0.5) is 0 Å². The van der Waals surface area contributed by atoms with E-state index in [2.05, 4.69) is 5.32 Å². The summed E-state index contributed by atoms with van der Waals surface area (Å²) < 4.78 is 15.5. The summed E-state index contributed by atoms with van der Waals surface area (Å²) in [4.78, 5) is 35.9. The summed E-state index contributed by atoms with van der Waals surface area (Å²) in [7, 11) is 0. The summed E-state index contributed by atoms with van der Waals surface area (Å²) in [5, 5.41) is 3.43. The van der Waals surface area contributed by atoms with Crippen LogP contribution in [0.5, 0.6) is 5.75 Å². The van der Waals surface area contributed by atoms with Crippen LogP contribution >= 0.6 is 11.6 Å². The zero-order chi connectivity index (χ0) is 24.4. The summed E-state index contributed by atoms with van der Waals surface area (Å²) in [5.41, 5.74) is 5.77. The maximum atomic E-state index is 12.3. The van der Waals surface area contributed by atoms with Crippen LogP contribution in [0, 0.1) is 0 Å². The first-order valence-corrected chi connectivity index (χ1v) is 10.9. The van der Waals surface area contributed by atoms with Gasteiger partial charge >= 0.3 is 11.9 Å². The molecule has 0 bridgehead atoms. The molecule has 33 heavy (non-hydrogen) atoms. The molecule has 8 nitrogen and oxygen atoms in total. The van der Waals surface area contributed by atoms with E-state index >= 15 is 0 Å². The Morgan fingerprint density at radius 3 is 2.27 bits per heavy atom. The van der Waals surface area contributed by atoms with Crippen LogP contribution in [-0.4, -0.2) is 42.8 Å². The Morgan fingerprint density at radius 2 is 1.67 bits per heavy atom. The molecule has 0 aromatic heterocycles. The molecule has 9 heteroatoms. The van der Waals surface area contributed by atoms with Crippen LogP contribution in [0.3, 0.4) is 0 Å². The molecule has 2 aromatic carbocycles. The van der Waals surface area contributed by atoms with Gasteiger partial charge in [0.25, 0.3) is 5.91 Å². The number of carbonyl (C=O) groups is 3. The van der Waals surface area contributed by atoms with Gasteiger partial charge in [-0.15, -0.1) is 0 Å². The lowest BCUT2D eigenvalue weighted by Crippen LogP contribution is -2.40. The van der Waals surface area contributed by atoms with Gasteiger partial charge in [0, 0.05) is 17.1 Å². The highest BCUT2D eigenvalue weighted by molar-refractivity contribution is 6.30. The number of nitrogens with one attached hydrogen (secondary N) is 1. The predicted octanol–water partition coefficient (Wildman–Crippen LogP) is 3.25. The smallest absolute Gasteiger partial charge is 0.352 e. The van der Waals surface area contributed by atoms with Gasteiger partial charge in [0.1, 0.15) is 11.8 Å². The SMILES string of the molecule is CCC(N)C(=O)OCOC(=O)C(C)(C)Oc1ccc(CCNC(=O)c2ccc(Cl)cc2)cc1. The summed E-state index contributed by atoms with van der Waals surface area (Å²) >= 11 is 5.83. The Morgan fingerprint density at radius 1 is 1.03 bits per heavy atom. The lowest BCUT2D eigenvalue weighted by atomic mass is 10.1. The summed E-state index contributed by atoms with van der Waals surface area (Å²) in [5.74, 6) is -1.02. The van der Waals surface area contributed by atoms with E-state index in [0.29, 0.717) is 35.7 Å². The molecule has 3 N–H and O–H groups in total. The van der Waals surface area contributed by atoms with Gasteiger partial charge < -0.3 is 25.3 Å². The van der Waals surface area contributed by atoms with Gasteiger partial charge in [-0.3, -0.25) is 9.59 Å². The van der Waals surface area contributed by atoms with E-state index in [4.69, 9.17) is 31.5 Å². The van der Waals surface area contributed by atoms with Crippen molar-refractivity contribution in [2.24, 2.45) is 5.73 Å². The predicted molar refractivity (Wildman–Crippen MR) is 124 cm³/mol. The largest absolute Gasteiger partial charge is 0.476 e. The van der Waals surface area contributed by atoms with Crippen molar-refractivity contribution in [3.8, 4) is 5.75 Å². The Hall–Kier alpha value is -3.10. The fraction of sp³-hybridized carbons (Fsp3) is 0.375. The van der Waals surface area contributed by atoms with Crippen molar-refractivity contribution < 1.29 is 28.6 Å². The highest BCUT2D eigenvalue weighted by Gasteiger charge is 2.32. The molecule has 2 aromatic rings. The van der Waals surface area contributed by atoms with Gasteiger partial charge in [-0.05, 0) is 68.7 Å². The number of esters is 2. The molecule has 0 aliphatic heterocycles. The summed E-state index contributed by atoms with van der Waals surface area (Å²) in [6, 6.07) is 13.1. The van der Waals surface area contributed by atoms with Crippen LogP contribution in [0.1, 0.15) is 43.1 Å². The molecule has 0 fully saturated rings. The average Bonchev–Trinajstić information content (AvgIpc) is 2.79. The fourth-order valence-electron chi connectivity index (χ4n) is 2.67. The van der Waals surface area contributed by atoms with Gasteiger partial charge in [-0.1, -0.05) is 30.7 Å². The van der Waals surface area contributed by atoms with Crippen LogP contribution in [0.15, 0.2) is 48.5 Å². The Labute approximate surface area is 198 Å². The Kier molecular flexibility index (Phi) is 9.69. The van der Waals surface area contributed by atoms with E-state index in [9.17, 15) is 14.4 Å². The molecule has 2 rings (SSSR count). The Balaban J connectivity index is 1.78. The second-order valence-corrected chi connectivity index (χ2v) is 8.23. The normalized spacial score (nSPS) is 11.9. The van der Waals surface area contributed by atoms with Crippen molar-refractivity contribution in [2.75, 3.05) is 13.3 Å². The van der Waals surface area contributed by atoms with Crippen LogP contribution in [0.2, 0.25) is 5.02 Å². The van der Waals surface area contributed by atoms with Gasteiger partial charge in [0.05, 0.1) is 0 Å². The molecule has 1 unspecified atom stereocenters. The van der Waals surface area contributed by atoms with E-state index in [1.807, 2.05) is 12.1 Å². The number of ether oxygens (including phenoxy) is 3. The maximum Gasteiger partial charge on any atom is 0.352 e. The lowest BCUT2D eigenvalue weighted by Gasteiger charge is -2.24. The number of hydrogen-bond acceptors (Lipinski definition) is 7. The average molecular weight is 477 g/mol. The topological polar surface area (TPSA) is 117 Å². The monoisotopic (exact) mass is 476 g/mol. The molecule has 0 aliphatic carbocycles. The third-order valence-electron chi connectivity index (χ3n) is 4.73. The van der Waals surface area contributed by atoms with Crippen LogP contribution in [-0.2, 0) is 25.5 Å². The molecule has 0 heterocycles. The fourth-order valence-corrected chi connectivity index (χ4v) is 2.80. The standard InChI is InChI=1S/C24H29ClN2O6/c1-4-20(26)22(29)31-15-32-23(30)24(2,3)33-19-11-5-16(6-12-19)13-14-27-21(28)17-7-9-18(25)10-8-17/h5-12,20H,4,13-15,26H2,1-3H3,(H,27,28). The van der Waals surface area contributed by atoms with E-state index in [0.717, 1.165) is 5.56 Å². The van der Waals surface area contributed by atoms with Crippen molar-refractivity contribution in [1.82, 2.24) is 5.32 Å². The zero-order valence-corrected chi connectivity index (χ0v) is 19.7. The lowest BCUT2D eigenvalue weighted by molar-refractivity contribution is -0.178. The number of nitrogens with two attached hydrogens (primary N) is 1. The van der Waals surface area contributed by atoms with Crippen molar-refractivity contribution >= 4 is 29.4 Å². The molecule has 1 amide bonds. The van der Waals surface area contributed by atoms with Crippen molar-refractivity contribution in [1.29, 1.82) is 0 Å². The number of carbonyl (C=O) groups excluding carboxylic acids is 3. The number of halogens is 1. The third kappa shape index (κ3) is 8.40. The highest BCUT2D eigenvalue weighted by atomic mass is 35.5. The molecular weight excluding hydrogens is 448 g/mol. The highest BCUT2D eigenvalue weighted by Crippen LogP contribution is 2.20. The minimum Gasteiger partial charge on any atom is -0.476 e. The number of hydrogen-bond donors (Lipinski definition) is 2. The summed E-state index contributed by atoms with van der Waals surface area (Å²) in [6.07, 6.45) is 1.04. The number of amides is 1. The van der Waals surface area contributed by atoms with Gasteiger partial charge in [-0.2, -0.15) is 0 Å². The molecule has 0 radical (unpaired) electrons. The first-order valence-electron chi connectivity index (χ1n) is 10.5. The molecule has 0 saturated heterocycles. The van der Waals surface area contributed by atoms with Crippen molar-refractivity contribution in [3.05, 3.63) is 64.7 Å². The third-order valence-corrected chi connectivity index (χ3v) is 4.98. The number of rotatable bonds is 11. The van der Waals surface area contributed by atoms with Gasteiger partial charge in [0.2, 0.25) is 6.79 Å². The molecule has 0 spiro atoms. The van der Waals surface area contributed by atoms with Crippen molar-refractivity contribution in [2.45, 2.75) is 45.3 Å². The minimum atomic E-state index is -1.30. The van der Waals surface area contributed by atoms with Crippen LogP contribution in [0.25, 0.3) is 0 Å². The summed E-state index contributed by atoms with van der Waals surface area (Å²) in [6.45, 7) is 4.78. The van der Waals surface area contributed by atoms with E-state index < -0.39 is 30.4 Å². The van der Waals surface area contributed by atoms with E-state index in [-0.39, 0.29) is 5.91 Å². The molecule has 1 atom stereocenters.